The molecule has 462 valence electrons. The molecule has 0 aromatic rings. The van der Waals surface area contributed by atoms with Crippen molar-refractivity contribution in [1.82, 2.24) is 5.32 Å². The number of aliphatic hydroxyl groups is 2. The Morgan fingerprint density at radius 3 is 0.910 bits per heavy atom. The molecule has 78 heavy (non-hydrogen) atoms. The standard InChI is InChI=1S/C72H139NO5/c1-3-5-7-9-11-13-15-17-19-21-29-33-36-40-44-48-52-56-60-64-70(75)69(68-74)73-71(76)65-61-57-53-49-45-41-37-34-30-27-25-23-22-24-26-28-31-35-39-43-47-51-55-59-63-67-78-72(77)66-62-58-54-50-46-42-38-32-20-18-16-14-12-10-8-6-4-2/h18,20,23,25,69-70,74-75H,3-17,19,21-22,24,26-68H2,1-2H3,(H,73,76)/b20-18-,25-23-. The summed E-state index contributed by atoms with van der Waals surface area (Å²) in [6.07, 6.45) is 85.1. The predicted molar refractivity (Wildman–Crippen MR) is 343 cm³/mol. The number of aliphatic hydroxyl groups excluding tert-OH is 2. The number of ether oxygens (including phenoxy) is 1. The Kier molecular flexibility index (Phi) is 66.4. The first-order valence-corrected chi connectivity index (χ1v) is 35.6. The molecule has 0 saturated carbocycles. The monoisotopic (exact) mass is 1100 g/mol. The maximum Gasteiger partial charge on any atom is 0.305 e. The number of rotatable bonds is 67. The normalized spacial score (nSPS) is 12.6. The highest BCUT2D eigenvalue weighted by atomic mass is 16.5. The molecule has 0 spiro atoms. The predicted octanol–water partition coefficient (Wildman–Crippen LogP) is 22.9. The molecule has 0 aromatic carbocycles. The molecule has 2 unspecified atom stereocenters. The molecule has 0 fully saturated rings. The minimum atomic E-state index is -0.667. The number of hydrogen-bond donors (Lipinski definition) is 3. The van der Waals surface area contributed by atoms with Gasteiger partial charge in [0.25, 0.3) is 0 Å². The average Bonchev–Trinajstić information content (AvgIpc) is 3.44. The molecule has 0 bridgehead atoms. The van der Waals surface area contributed by atoms with E-state index in [2.05, 4.69) is 43.5 Å². The second-order valence-electron chi connectivity index (χ2n) is 24.6. The Morgan fingerprint density at radius 2 is 0.603 bits per heavy atom. The van der Waals surface area contributed by atoms with E-state index in [1.165, 1.54) is 321 Å². The lowest BCUT2D eigenvalue weighted by atomic mass is 10.0. The Bertz CT molecular complexity index is 1220. The van der Waals surface area contributed by atoms with E-state index in [0.29, 0.717) is 25.9 Å². The summed E-state index contributed by atoms with van der Waals surface area (Å²) < 4.78 is 5.50. The van der Waals surface area contributed by atoms with Gasteiger partial charge in [-0.3, -0.25) is 9.59 Å². The summed E-state index contributed by atoms with van der Waals surface area (Å²) in [7, 11) is 0. The van der Waals surface area contributed by atoms with Crippen LogP contribution in [0.25, 0.3) is 0 Å². The molecule has 0 radical (unpaired) electrons. The van der Waals surface area contributed by atoms with Crippen LogP contribution in [-0.2, 0) is 14.3 Å². The van der Waals surface area contributed by atoms with Crippen LogP contribution < -0.4 is 5.32 Å². The van der Waals surface area contributed by atoms with Gasteiger partial charge >= 0.3 is 5.97 Å². The molecule has 0 saturated heterocycles. The topological polar surface area (TPSA) is 95.9 Å². The number of allylic oxidation sites excluding steroid dienone is 4. The van der Waals surface area contributed by atoms with Crippen molar-refractivity contribution < 1.29 is 24.5 Å². The molecule has 0 aliphatic carbocycles. The van der Waals surface area contributed by atoms with E-state index in [-0.39, 0.29) is 18.5 Å². The fourth-order valence-electron chi connectivity index (χ4n) is 11.3. The summed E-state index contributed by atoms with van der Waals surface area (Å²) in [6, 6.07) is -0.544. The van der Waals surface area contributed by atoms with Crippen molar-refractivity contribution in [3.8, 4) is 0 Å². The molecule has 6 heteroatoms. The summed E-state index contributed by atoms with van der Waals surface area (Å²) in [4.78, 5) is 24.6. The van der Waals surface area contributed by atoms with Crippen molar-refractivity contribution >= 4 is 11.9 Å². The van der Waals surface area contributed by atoms with Crippen molar-refractivity contribution in [2.24, 2.45) is 0 Å². The van der Waals surface area contributed by atoms with Gasteiger partial charge in [-0.15, -0.1) is 0 Å². The summed E-state index contributed by atoms with van der Waals surface area (Å²) in [5.41, 5.74) is 0. The van der Waals surface area contributed by atoms with Crippen LogP contribution in [0.15, 0.2) is 24.3 Å². The molecular weight excluding hydrogens is 959 g/mol. The number of carbonyl (C=O) groups excluding carboxylic acids is 2. The van der Waals surface area contributed by atoms with Gasteiger partial charge in [0.05, 0.1) is 25.4 Å². The SMILES string of the molecule is CCCCCCCC/C=C\CCCCCCCCCC(=O)OCCCCCCCCCCCCCC/C=C\CCCCCCCCCCCC(=O)NC(CO)C(O)CCCCCCCCCCCCCCCCCCCCC. The number of nitrogens with one attached hydrogen (secondary N) is 1. The number of hydrogen-bond acceptors (Lipinski definition) is 5. The van der Waals surface area contributed by atoms with E-state index < -0.39 is 12.1 Å². The maximum absolute atomic E-state index is 12.5. The van der Waals surface area contributed by atoms with Gasteiger partial charge in [0.2, 0.25) is 5.91 Å². The van der Waals surface area contributed by atoms with Gasteiger partial charge in [-0.2, -0.15) is 0 Å². The molecule has 3 N–H and O–H groups in total. The van der Waals surface area contributed by atoms with E-state index in [0.717, 1.165) is 44.9 Å². The summed E-state index contributed by atoms with van der Waals surface area (Å²) in [5, 5.41) is 23.4. The van der Waals surface area contributed by atoms with Crippen LogP contribution in [0.5, 0.6) is 0 Å². The third-order valence-corrected chi connectivity index (χ3v) is 16.7. The Hall–Kier alpha value is -1.66. The van der Waals surface area contributed by atoms with Gasteiger partial charge in [0.1, 0.15) is 0 Å². The number of carbonyl (C=O) groups is 2. The Balaban J connectivity index is 3.39. The van der Waals surface area contributed by atoms with Crippen molar-refractivity contribution in [3.05, 3.63) is 24.3 Å². The molecule has 6 nitrogen and oxygen atoms in total. The van der Waals surface area contributed by atoms with Crippen LogP contribution in [0, 0.1) is 0 Å². The van der Waals surface area contributed by atoms with Crippen molar-refractivity contribution in [3.63, 3.8) is 0 Å². The molecule has 0 aliphatic rings. The van der Waals surface area contributed by atoms with Crippen LogP contribution >= 0.6 is 0 Å². The van der Waals surface area contributed by atoms with E-state index in [4.69, 9.17) is 4.74 Å². The highest BCUT2D eigenvalue weighted by Crippen LogP contribution is 2.19. The zero-order valence-corrected chi connectivity index (χ0v) is 52.9. The second-order valence-corrected chi connectivity index (χ2v) is 24.6. The zero-order valence-electron chi connectivity index (χ0n) is 52.9. The minimum Gasteiger partial charge on any atom is -0.466 e. The molecular formula is C72H139NO5. The van der Waals surface area contributed by atoms with E-state index >= 15 is 0 Å². The molecule has 0 rings (SSSR count). The van der Waals surface area contributed by atoms with Gasteiger partial charge in [-0.1, -0.05) is 334 Å². The van der Waals surface area contributed by atoms with Gasteiger partial charge in [-0.05, 0) is 77.0 Å². The smallest absolute Gasteiger partial charge is 0.305 e. The lowest BCUT2D eigenvalue weighted by Gasteiger charge is -2.22. The number of unbranched alkanes of at least 4 members (excludes halogenated alkanes) is 52. The molecule has 0 aliphatic heterocycles. The average molecular weight is 1100 g/mol. The lowest BCUT2D eigenvalue weighted by molar-refractivity contribution is -0.143. The quantitative estimate of drug-likeness (QED) is 0.0320. The van der Waals surface area contributed by atoms with E-state index in [1.54, 1.807) is 0 Å². The first kappa shape index (κ1) is 76.3. The summed E-state index contributed by atoms with van der Waals surface area (Å²) in [5.74, 6) is -0.0231. The van der Waals surface area contributed by atoms with E-state index in [1.807, 2.05) is 0 Å². The largest absolute Gasteiger partial charge is 0.466 e. The fraction of sp³-hybridized carbons (Fsp3) is 0.917. The summed E-state index contributed by atoms with van der Waals surface area (Å²) >= 11 is 0. The molecule has 0 aromatic heterocycles. The van der Waals surface area contributed by atoms with Crippen LogP contribution in [0.3, 0.4) is 0 Å². The highest BCUT2D eigenvalue weighted by Gasteiger charge is 2.20. The third kappa shape index (κ3) is 63.5. The van der Waals surface area contributed by atoms with Crippen molar-refractivity contribution in [2.75, 3.05) is 13.2 Å². The molecule has 1 amide bonds. The van der Waals surface area contributed by atoms with Gasteiger partial charge in [0, 0.05) is 12.8 Å². The Labute approximate surface area is 488 Å². The zero-order chi connectivity index (χ0) is 56.4. The fourth-order valence-corrected chi connectivity index (χ4v) is 11.3. The molecule has 2 atom stereocenters. The van der Waals surface area contributed by atoms with Crippen molar-refractivity contribution in [1.29, 1.82) is 0 Å². The second kappa shape index (κ2) is 67.8. The van der Waals surface area contributed by atoms with Crippen LogP contribution in [0.2, 0.25) is 0 Å². The number of esters is 1. The maximum atomic E-state index is 12.5. The van der Waals surface area contributed by atoms with Crippen molar-refractivity contribution in [2.45, 2.75) is 411 Å². The van der Waals surface area contributed by atoms with Crippen LogP contribution in [0.4, 0.5) is 0 Å². The minimum absolute atomic E-state index is 0.0110. The van der Waals surface area contributed by atoms with Gasteiger partial charge in [-0.25, -0.2) is 0 Å². The van der Waals surface area contributed by atoms with Gasteiger partial charge in [0.15, 0.2) is 0 Å². The van der Waals surface area contributed by atoms with Crippen LogP contribution in [0.1, 0.15) is 399 Å². The van der Waals surface area contributed by atoms with E-state index in [9.17, 15) is 19.8 Å². The Morgan fingerprint density at radius 1 is 0.346 bits per heavy atom. The third-order valence-electron chi connectivity index (χ3n) is 16.7. The van der Waals surface area contributed by atoms with Crippen LogP contribution in [-0.4, -0.2) is 47.4 Å². The highest BCUT2D eigenvalue weighted by molar-refractivity contribution is 5.76. The first-order chi connectivity index (χ1) is 38.5. The first-order valence-electron chi connectivity index (χ1n) is 35.6. The lowest BCUT2D eigenvalue weighted by Crippen LogP contribution is -2.45. The number of amides is 1. The molecule has 0 heterocycles. The summed E-state index contributed by atoms with van der Waals surface area (Å²) in [6.45, 7) is 4.98. The van der Waals surface area contributed by atoms with Gasteiger partial charge < -0.3 is 20.3 Å².